The van der Waals surface area contributed by atoms with Crippen molar-refractivity contribution in [2.45, 2.75) is 51.0 Å². The first-order valence-corrected chi connectivity index (χ1v) is 8.86. The van der Waals surface area contributed by atoms with Crippen molar-refractivity contribution in [3.8, 4) is 0 Å². The molecular weight excluding hydrogens is 312 g/mol. The molecule has 0 spiro atoms. The summed E-state index contributed by atoms with van der Waals surface area (Å²) in [4.78, 5) is 25.1. The molecule has 3 unspecified atom stereocenters. The lowest BCUT2D eigenvalue weighted by Crippen LogP contribution is -2.28. The summed E-state index contributed by atoms with van der Waals surface area (Å²) in [7, 11) is 0. The van der Waals surface area contributed by atoms with Crippen LogP contribution in [0.3, 0.4) is 0 Å². The Balaban J connectivity index is 1.69. The number of aromatic nitrogens is 4. The van der Waals surface area contributed by atoms with E-state index in [9.17, 15) is 4.79 Å². The molecule has 2 heterocycles. The smallest absolute Gasteiger partial charge is 0.280 e. The molecule has 2 aromatic rings. The zero-order valence-electron chi connectivity index (χ0n) is 13.1. The van der Waals surface area contributed by atoms with E-state index in [1.807, 2.05) is 6.92 Å². The van der Waals surface area contributed by atoms with Gasteiger partial charge in [0.2, 0.25) is 5.28 Å². The highest BCUT2D eigenvalue weighted by Gasteiger charge is 2.55. The van der Waals surface area contributed by atoms with Crippen LogP contribution in [0.1, 0.15) is 44.9 Å². The van der Waals surface area contributed by atoms with Crippen LogP contribution < -0.4 is 5.56 Å². The topological polar surface area (TPSA) is 63.6 Å². The minimum absolute atomic E-state index is 0.0305. The molecule has 0 amide bonds. The van der Waals surface area contributed by atoms with Gasteiger partial charge in [-0.1, -0.05) is 18.6 Å². The summed E-state index contributed by atoms with van der Waals surface area (Å²) >= 11 is 6.18. The number of hydrogen-bond donors (Lipinski definition) is 1. The second kappa shape index (κ2) is 4.47. The Morgan fingerprint density at radius 2 is 2.30 bits per heavy atom. The fourth-order valence-corrected chi connectivity index (χ4v) is 5.37. The first kappa shape index (κ1) is 13.8. The van der Waals surface area contributed by atoms with Crippen molar-refractivity contribution < 1.29 is 0 Å². The normalized spacial score (nSPS) is 31.3. The fourth-order valence-electron chi connectivity index (χ4n) is 5.13. The van der Waals surface area contributed by atoms with Gasteiger partial charge in [0.25, 0.3) is 5.56 Å². The molecule has 2 aromatic heterocycles. The molecule has 120 valence electrons. The fraction of sp³-hybridized carbons (Fsp3) is 0.588. The lowest BCUT2D eigenvalue weighted by molar-refractivity contribution is 0.280. The van der Waals surface area contributed by atoms with E-state index < -0.39 is 0 Å². The minimum Gasteiger partial charge on any atom is -0.335 e. The second-order valence-corrected chi connectivity index (χ2v) is 7.71. The lowest BCUT2D eigenvalue weighted by Gasteiger charge is -2.30. The van der Waals surface area contributed by atoms with Gasteiger partial charge in [-0.05, 0) is 55.5 Å². The van der Waals surface area contributed by atoms with Crippen molar-refractivity contribution in [2.75, 3.05) is 0 Å². The molecule has 6 heteroatoms. The maximum absolute atomic E-state index is 12.7. The summed E-state index contributed by atoms with van der Waals surface area (Å²) in [6.45, 7) is 2.60. The zero-order chi connectivity index (χ0) is 15.8. The number of halogens is 1. The minimum atomic E-state index is -0.108. The maximum atomic E-state index is 12.7. The van der Waals surface area contributed by atoms with Crippen LogP contribution in [-0.2, 0) is 12.0 Å². The average molecular weight is 331 g/mol. The highest BCUT2D eigenvalue weighted by molar-refractivity contribution is 6.28. The van der Waals surface area contributed by atoms with Gasteiger partial charge in [0.05, 0.1) is 5.41 Å². The standard InChI is InChI=1S/C17H19ClN4O/c1-2-3-22-14(23)12-13(21-16(22)18)20-15(19-12)17-7-9-4-10(8-17)6-11(17)5-9/h5,9-10H,2-4,6-8H2,1H3,(H,19,20). The Morgan fingerprint density at radius 1 is 1.43 bits per heavy atom. The van der Waals surface area contributed by atoms with Crippen LogP contribution in [0, 0.1) is 11.8 Å². The number of allylic oxidation sites excluding steroid dienone is 2. The molecule has 4 aliphatic carbocycles. The Labute approximate surface area is 138 Å². The summed E-state index contributed by atoms with van der Waals surface area (Å²) in [6, 6.07) is 0. The van der Waals surface area contributed by atoms with E-state index >= 15 is 0 Å². The average Bonchev–Trinajstić information content (AvgIpc) is 3.12. The van der Waals surface area contributed by atoms with Crippen molar-refractivity contribution in [2.24, 2.45) is 11.8 Å². The molecule has 4 bridgehead atoms. The van der Waals surface area contributed by atoms with Gasteiger partial charge in [-0.3, -0.25) is 9.36 Å². The Morgan fingerprint density at radius 3 is 3.09 bits per heavy atom. The van der Waals surface area contributed by atoms with Crippen molar-refractivity contribution in [3.05, 3.63) is 33.1 Å². The molecule has 1 N–H and O–H groups in total. The third-order valence-electron chi connectivity index (χ3n) is 5.91. The SMILES string of the molecule is CCCn1c(Cl)nc2nc(C34CC5C=C3CC(C5)C4)[nH]c2c1=O. The number of aromatic amines is 1. The maximum Gasteiger partial charge on any atom is 0.280 e. The van der Waals surface area contributed by atoms with Crippen LogP contribution in [0.15, 0.2) is 16.4 Å². The zero-order valence-corrected chi connectivity index (χ0v) is 13.9. The van der Waals surface area contributed by atoms with Crippen molar-refractivity contribution in [1.29, 1.82) is 0 Å². The highest BCUT2D eigenvalue weighted by atomic mass is 35.5. The van der Waals surface area contributed by atoms with Gasteiger partial charge >= 0.3 is 0 Å². The first-order valence-electron chi connectivity index (χ1n) is 8.48. The van der Waals surface area contributed by atoms with Gasteiger partial charge < -0.3 is 4.98 Å². The molecule has 3 atom stereocenters. The van der Waals surface area contributed by atoms with E-state index in [0.717, 1.165) is 31.0 Å². The second-order valence-electron chi connectivity index (χ2n) is 7.37. The van der Waals surface area contributed by atoms with E-state index in [-0.39, 0.29) is 16.3 Å². The number of hydrogen-bond acceptors (Lipinski definition) is 3. The Bertz CT molecular complexity index is 911. The van der Waals surface area contributed by atoms with Crippen LogP contribution in [0.4, 0.5) is 0 Å². The van der Waals surface area contributed by atoms with E-state index in [1.54, 1.807) is 0 Å². The lowest BCUT2D eigenvalue weighted by atomic mass is 9.74. The molecule has 6 rings (SSSR count). The molecule has 5 nitrogen and oxygen atoms in total. The molecule has 0 aromatic carbocycles. The Kier molecular flexibility index (Phi) is 2.68. The van der Waals surface area contributed by atoms with Gasteiger partial charge in [-0.15, -0.1) is 0 Å². The van der Waals surface area contributed by atoms with E-state index in [1.165, 1.54) is 23.0 Å². The van der Waals surface area contributed by atoms with Crippen LogP contribution in [0.2, 0.25) is 5.28 Å². The molecule has 4 aliphatic rings. The first-order chi connectivity index (χ1) is 11.1. The number of nitrogens with zero attached hydrogens (tertiary/aromatic N) is 3. The number of fused-ring (bicyclic) bond motifs is 1. The third-order valence-corrected chi connectivity index (χ3v) is 6.20. The molecule has 23 heavy (non-hydrogen) atoms. The molecule has 0 radical (unpaired) electrons. The van der Waals surface area contributed by atoms with Crippen LogP contribution in [0.25, 0.3) is 11.2 Å². The van der Waals surface area contributed by atoms with Gasteiger partial charge in [0.15, 0.2) is 11.2 Å². The number of rotatable bonds is 3. The highest BCUT2D eigenvalue weighted by Crippen LogP contribution is 2.62. The van der Waals surface area contributed by atoms with E-state index in [4.69, 9.17) is 16.6 Å². The predicted octanol–water partition coefficient (Wildman–Crippen LogP) is 3.18. The molecule has 0 saturated heterocycles. The predicted molar refractivity (Wildman–Crippen MR) is 88.7 cm³/mol. The third kappa shape index (κ3) is 1.71. The van der Waals surface area contributed by atoms with Crippen LogP contribution in [-0.4, -0.2) is 19.5 Å². The molecule has 2 fully saturated rings. The summed E-state index contributed by atoms with van der Waals surface area (Å²) in [5, 5.41) is 0.233. The van der Waals surface area contributed by atoms with Crippen LogP contribution >= 0.6 is 11.6 Å². The summed E-state index contributed by atoms with van der Waals surface area (Å²) < 4.78 is 1.53. The van der Waals surface area contributed by atoms with Crippen molar-refractivity contribution in [3.63, 3.8) is 0 Å². The van der Waals surface area contributed by atoms with Crippen molar-refractivity contribution >= 4 is 22.8 Å². The van der Waals surface area contributed by atoms with Gasteiger partial charge in [0, 0.05) is 6.54 Å². The number of imidazole rings is 1. The summed E-state index contributed by atoms with van der Waals surface area (Å²) in [6.07, 6.45) is 8.10. The quantitative estimate of drug-likeness (QED) is 0.694. The van der Waals surface area contributed by atoms with Gasteiger partial charge in [0.1, 0.15) is 5.82 Å². The van der Waals surface area contributed by atoms with Crippen LogP contribution in [0.5, 0.6) is 0 Å². The van der Waals surface area contributed by atoms with Crippen molar-refractivity contribution in [1.82, 2.24) is 19.5 Å². The largest absolute Gasteiger partial charge is 0.335 e. The van der Waals surface area contributed by atoms with Gasteiger partial charge in [-0.25, -0.2) is 4.98 Å². The Hall–Kier alpha value is -1.62. The molecule has 2 saturated carbocycles. The van der Waals surface area contributed by atoms with E-state index in [2.05, 4.69) is 16.0 Å². The summed E-state index contributed by atoms with van der Waals surface area (Å²) in [5.41, 5.74) is 2.41. The summed E-state index contributed by atoms with van der Waals surface area (Å²) in [5.74, 6) is 2.41. The number of nitrogens with one attached hydrogen (secondary N) is 1. The number of H-pyrrole nitrogens is 1. The molecular formula is C17H19ClN4O. The molecule has 0 aliphatic heterocycles. The van der Waals surface area contributed by atoms with E-state index in [0.29, 0.717) is 23.6 Å². The van der Waals surface area contributed by atoms with Gasteiger partial charge in [-0.2, -0.15) is 4.98 Å². The monoisotopic (exact) mass is 330 g/mol.